The summed E-state index contributed by atoms with van der Waals surface area (Å²) in [6, 6.07) is 8.65. The Morgan fingerprint density at radius 1 is 1.14 bits per heavy atom. The number of amides is 2. The van der Waals surface area contributed by atoms with Crippen molar-refractivity contribution in [3.05, 3.63) is 51.7 Å². The van der Waals surface area contributed by atoms with E-state index in [2.05, 4.69) is 5.32 Å². The predicted octanol–water partition coefficient (Wildman–Crippen LogP) is 2.05. The van der Waals surface area contributed by atoms with Crippen LogP contribution in [0.2, 0.25) is 0 Å². The summed E-state index contributed by atoms with van der Waals surface area (Å²) in [6.45, 7) is 4.18. The first-order chi connectivity index (χ1) is 13.2. The lowest BCUT2D eigenvalue weighted by Crippen LogP contribution is -3.15. The second-order valence-corrected chi connectivity index (χ2v) is 8.01. The van der Waals surface area contributed by atoms with Gasteiger partial charge in [-0.2, -0.15) is 13.2 Å². The molecule has 0 bridgehead atoms. The van der Waals surface area contributed by atoms with Crippen molar-refractivity contribution < 1.29 is 27.7 Å². The number of para-hydroxylation sites is 1. The molecule has 0 saturated carbocycles. The summed E-state index contributed by atoms with van der Waals surface area (Å²) in [4.78, 5) is 29.1. The number of carbonyl (C=O) groups excluding carboxylic acids is 2. The summed E-state index contributed by atoms with van der Waals surface area (Å²) in [5, 5.41) is 2.37. The smallest absolute Gasteiger partial charge is 0.327 e. The van der Waals surface area contributed by atoms with Crippen molar-refractivity contribution >= 4 is 28.8 Å². The van der Waals surface area contributed by atoms with Gasteiger partial charge in [-0.25, -0.2) is 0 Å². The van der Waals surface area contributed by atoms with Crippen LogP contribution in [-0.2, 0) is 11.0 Å². The van der Waals surface area contributed by atoms with Gasteiger partial charge in [-0.1, -0.05) is 12.1 Å². The summed E-state index contributed by atoms with van der Waals surface area (Å²) < 4.78 is 39.1. The Morgan fingerprint density at radius 2 is 1.82 bits per heavy atom. The van der Waals surface area contributed by atoms with Gasteiger partial charge in [0, 0.05) is 4.88 Å². The number of piperazine rings is 1. The molecule has 28 heavy (non-hydrogen) atoms. The van der Waals surface area contributed by atoms with Crippen LogP contribution < -0.4 is 10.2 Å². The average molecular weight is 412 g/mol. The minimum absolute atomic E-state index is 0.0132. The second-order valence-electron chi connectivity index (χ2n) is 6.72. The molecule has 0 aliphatic carbocycles. The summed E-state index contributed by atoms with van der Waals surface area (Å²) in [7, 11) is 0. The topological polar surface area (TPSA) is 53.9 Å². The maximum atomic E-state index is 13.0. The first-order valence-electron chi connectivity index (χ1n) is 8.89. The Kier molecular flexibility index (Phi) is 6.04. The molecule has 1 aromatic heterocycles. The zero-order chi connectivity index (χ0) is 20.3. The van der Waals surface area contributed by atoms with Crippen molar-refractivity contribution in [3.8, 4) is 0 Å². The lowest BCUT2D eigenvalue weighted by atomic mass is 10.1. The Hall–Kier alpha value is -2.39. The molecule has 1 aromatic carbocycles. The molecule has 0 atom stereocenters. The summed E-state index contributed by atoms with van der Waals surface area (Å²) >= 11 is 1.45. The zero-order valence-corrected chi connectivity index (χ0v) is 16.1. The number of hydrogen-bond acceptors (Lipinski definition) is 3. The lowest BCUT2D eigenvalue weighted by molar-refractivity contribution is -0.895. The van der Waals surface area contributed by atoms with Crippen LogP contribution >= 0.6 is 11.3 Å². The molecule has 2 aromatic rings. The number of nitrogens with zero attached hydrogens (tertiary/aromatic N) is 1. The number of rotatable bonds is 4. The number of carbonyl (C=O) groups is 2. The van der Waals surface area contributed by atoms with Gasteiger partial charge in [0.2, 0.25) is 0 Å². The molecule has 2 heterocycles. The molecule has 5 nitrogen and oxygen atoms in total. The fraction of sp³-hybridized carbons (Fsp3) is 0.368. The molecule has 9 heteroatoms. The predicted molar refractivity (Wildman–Crippen MR) is 101 cm³/mol. The molecule has 0 unspecified atom stereocenters. The van der Waals surface area contributed by atoms with E-state index in [1.165, 1.54) is 29.5 Å². The number of nitrogens with one attached hydrogen (secondary N) is 2. The zero-order valence-electron chi connectivity index (χ0n) is 15.3. The van der Waals surface area contributed by atoms with Crippen LogP contribution in [0.15, 0.2) is 36.4 Å². The number of quaternary nitrogens is 1. The van der Waals surface area contributed by atoms with Crippen LogP contribution in [0.3, 0.4) is 0 Å². The molecular formula is C19H21F3N3O2S+. The van der Waals surface area contributed by atoms with Crippen molar-refractivity contribution in [2.24, 2.45) is 0 Å². The molecule has 2 amide bonds. The van der Waals surface area contributed by atoms with Gasteiger partial charge in [0.05, 0.1) is 42.3 Å². The van der Waals surface area contributed by atoms with E-state index in [4.69, 9.17) is 0 Å². The van der Waals surface area contributed by atoms with Crippen LogP contribution in [-0.4, -0.2) is 49.4 Å². The minimum atomic E-state index is -4.52. The number of thiophene rings is 1. The number of alkyl halides is 3. The van der Waals surface area contributed by atoms with Crippen molar-refractivity contribution in [3.63, 3.8) is 0 Å². The van der Waals surface area contributed by atoms with E-state index in [9.17, 15) is 22.8 Å². The maximum Gasteiger partial charge on any atom is 0.418 e. The van der Waals surface area contributed by atoms with Crippen LogP contribution in [0.5, 0.6) is 0 Å². The van der Waals surface area contributed by atoms with E-state index in [0.29, 0.717) is 31.1 Å². The van der Waals surface area contributed by atoms with E-state index >= 15 is 0 Å². The Labute approximate surface area is 164 Å². The highest BCUT2D eigenvalue weighted by atomic mass is 32.1. The van der Waals surface area contributed by atoms with Gasteiger partial charge in [-0.15, -0.1) is 11.3 Å². The highest BCUT2D eigenvalue weighted by molar-refractivity contribution is 7.13. The maximum absolute atomic E-state index is 13.0. The summed E-state index contributed by atoms with van der Waals surface area (Å²) in [6.07, 6.45) is -4.52. The Balaban J connectivity index is 1.53. The summed E-state index contributed by atoms with van der Waals surface area (Å²) in [5.41, 5.74) is -1.10. The number of benzene rings is 1. The fourth-order valence-corrected chi connectivity index (χ4v) is 4.00. The second kappa shape index (κ2) is 8.32. The quantitative estimate of drug-likeness (QED) is 0.808. The molecule has 0 radical (unpaired) electrons. The van der Waals surface area contributed by atoms with E-state index in [-0.39, 0.29) is 18.1 Å². The SMILES string of the molecule is Cc1ccc(C(=O)N2CC[NH+](CC(=O)Nc3ccccc3C(F)(F)F)CC2)s1. The van der Waals surface area contributed by atoms with Crippen molar-refractivity contribution in [2.45, 2.75) is 13.1 Å². The van der Waals surface area contributed by atoms with Crippen LogP contribution in [0.1, 0.15) is 20.1 Å². The van der Waals surface area contributed by atoms with Gasteiger partial charge in [0.1, 0.15) is 0 Å². The Morgan fingerprint density at radius 3 is 2.43 bits per heavy atom. The standard InChI is InChI=1S/C19H20F3N3O2S/c1-13-6-7-16(28-13)18(27)25-10-8-24(9-11-25)12-17(26)23-15-5-3-2-4-14(15)19(20,21)22/h2-7H,8-12H2,1H3,(H,23,26)/p+1. The molecule has 1 aliphatic rings. The van der Waals surface area contributed by atoms with Gasteiger partial charge in [-0.05, 0) is 31.2 Å². The molecule has 0 spiro atoms. The number of aryl methyl sites for hydroxylation is 1. The molecule has 1 saturated heterocycles. The van der Waals surface area contributed by atoms with Gasteiger partial charge in [0.25, 0.3) is 11.8 Å². The monoisotopic (exact) mass is 412 g/mol. The highest BCUT2D eigenvalue weighted by Gasteiger charge is 2.34. The van der Waals surface area contributed by atoms with E-state index in [1.54, 1.807) is 4.90 Å². The van der Waals surface area contributed by atoms with E-state index < -0.39 is 17.6 Å². The van der Waals surface area contributed by atoms with Crippen LogP contribution in [0, 0.1) is 6.92 Å². The van der Waals surface area contributed by atoms with Gasteiger partial charge in [-0.3, -0.25) is 9.59 Å². The van der Waals surface area contributed by atoms with Gasteiger partial charge >= 0.3 is 6.18 Å². The third-order valence-corrected chi connectivity index (χ3v) is 5.61. The molecule has 1 fully saturated rings. The van der Waals surface area contributed by atoms with Crippen molar-refractivity contribution in [1.82, 2.24) is 4.90 Å². The van der Waals surface area contributed by atoms with Gasteiger partial charge < -0.3 is 15.1 Å². The minimum Gasteiger partial charge on any atom is -0.327 e. The average Bonchev–Trinajstić information content (AvgIpc) is 3.07. The largest absolute Gasteiger partial charge is 0.418 e. The van der Waals surface area contributed by atoms with Crippen LogP contribution in [0.25, 0.3) is 0 Å². The molecule has 150 valence electrons. The molecule has 2 N–H and O–H groups in total. The first kappa shape index (κ1) is 20.3. The highest BCUT2D eigenvalue weighted by Crippen LogP contribution is 2.34. The van der Waals surface area contributed by atoms with E-state index in [1.807, 2.05) is 19.1 Å². The molecular weight excluding hydrogens is 391 g/mol. The first-order valence-corrected chi connectivity index (χ1v) is 9.71. The van der Waals surface area contributed by atoms with Crippen molar-refractivity contribution in [2.75, 3.05) is 38.0 Å². The third-order valence-electron chi connectivity index (χ3n) is 4.63. The number of anilines is 1. The van der Waals surface area contributed by atoms with Crippen molar-refractivity contribution in [1.29, 1.82) is 0 Å². The fourth-order valence-electron chi connectivity index (χ4n) is 3.17. The normalized spacial score (nSPS) is 15.5. The third kappa shape index (κ3) is 4.90. The molecule has 1 aliphatic heterocycles. The lowest BCUT2D eigenvalue weighted by Gasteiger charge is -2.31. The van der Waals surface area contributed by atoms with Gasteiger partial charge in [0.15, 0.2) is 6.54 Å². The Bertz CT molecular complexity index is 858. The summed E-state index contributed by atoms with van der Waals surface area (Å²) in [5.74, 6) is -0.485. The number of hydrogen-bond donors (Lipinski definition) is 2. The molecule has 3 rings (SSSR count). The van der Waals surface area contributed by atoms with E-state index in [0.717, 1.165) is 15.8 Å². The van der Waals surface area contributed by atoms with Crippen LogP contribution in [0.4, 0.5) is 18.9 Å². The number of halogens is 3.